The van der Waals surface area contributed by atoms with E-state index in [1.807, 2.05) is 48.5 Å². The Morgan fingerprint density at radius 2 is 1.32 bits per heavy atom. The third-order valence-corrected chi connectivity index (χ3v) is 7.89. The second-order valence-corrected chi connectivity index (χ2v) is 10.8. The number of aromatic nitrogens is 3. The first kappa shape index (κ1) is 28.1. The summed E-state index contributed by atoms with van der Waals surface area (Å²) in [5.41, 5.74) is 5.75. The molecule has 0 aliphatic heterocycles. The van der Waals surface area contributed by atoms with Gasteiger partial charge >= 0.3 is 0 Å². The molecule has 0 unspecified atom stereocenters. The molecule has 0 spiro atoms. The Bertz CT molecular complexity index is 1420. The minimum atomic E-state index is 0.0540. The molecule has 1 amide bonds. The fourth-order valence-electron chi connectivity index (χ4n) is 5.20. The molecule has 5 rings (SSSR count). The molecule has 0 radical (unpaired) electrons. The quantitative estimate of drug-likeness (QED) is 0.168. The number of carbonyl (C=O) groups excluding carboxylic acids is 1. The van der Waals surface area contributed by atoms with E-state index in [0.29, 0.717) is 36.9 Å². The normalized spacial score (nSPS) is 16.5. The van der Waals surface area contributed by atoms with Crippen molar-refractivity contribution in [1.82, 2.24) is 15.0 Å². The molecule has 0 bridgehead atoms. The predicted molar refractivity (Wildman–Crippen MR) is 166 cm³/mol. The lowest BCUT2D eigenvalue weighted by Gasteiger charge is -2.28. The van der Waals surface area contributed by atoms with Crippen molar-refractivity contribution < 1.29 is 4.79 Å². The molecule has 1 heterocycles. The topological polar surface area (TPSA) is 104 Å². The summed E-state index contributed by atoms with van der Waals surface area (Å²) in [5, 5.41) is 13.3. The highest BCUT2D eigenvalue weighted by atomic mass is 16.1. The number of para-hydroxylation sites is 1. The Hall–Kier alpha value is -4.46. The molecule has 1 aliphatic rings. The van der Waals surface area contributed by atoms with Crippen LogP contribution in [-0.2, 0) is 17.9 Å². The lowest BCUT2D eigenvalue weighted by molar-refractivity contribution is -0.121. The molecule has 1 saturated carbocycles. The molecule has 3 aromatic carbocycles. The summed E-state index contributed by atoms with van der Waals surface area (Å²) in [6, 6.07) is 26.2. The molecule has 1 fully saturated rings. The molecule has 8 heteroatoms. The number of nitrogens with zero attached hydrogens (tertiary/aromatic N) is 3. The van der Waals surface area contributed by atoms with Gasteiger partial charge in [-0.25, -0.2) is 0 Å². The summed E-state index contributed by atoms with van der Waals surface area (Å²) < 4.78 is 0. The van der Waals surface area contributed by atoms with Crippen LogP contribution in [0.15, 0.2) is 78.9 Å². The lowest BCUT2D eigenvalue weighted by atomic mass is 9.81. The zero-order chi connectivity index (χ0) is 28.4. The van der Waals surface area contributed by atoms with E-state index in [2.05, 4.69) is 80.4 Å². The molecule has 0 atom stereocenters. The maximum Gasteiger partial charge on any atom is 0.229 e. The van der Waals surface area contributed by atoms with Crippen LogP contribution in [0.5, 0.6) is 0 Å². The van der Waals surface area contributed by atoms with Gasteiger partial charge in [-0.15, -0.1) is 0 Å². The summed E-state index contributed by atoms with van der Waals surface area (Å²) in [4.78, 5) is 26.7. The Morgan fingerprint density at radius 1 is 0.707 bits per heavy atom. The average Bonchev–Trinajstić information content (AvgIpc) is 3.01. The highest BCUT2D eigenvalue weighted by molar-refractivity contribution is 5.92. The molecule has 212 valence electrons. The van der Waals surface area contributed by atoms with E-state index in [4.69, 9.17) is 0 Å². The standard InChI is InChI=1S/C33H39N7O/c1-23-10-9-13-28(24(23)2)22-36-33-39-31(34-20-25-11-5-3-6-12-25)38-32(40-33)35-21-26-16-18-27(19-17-26)30(41)37-29-14-7-4-8-15-29/h3-15,26-27H,16-22H2,1-2H3,(H,37,41)(H3,34,35,36,38,39,40). The minimum Gasteiger partial charge on any atom is -0.354 e. The first-order valence-electron chi connectivity index (χ1n) is 14.5. The number of rotatable bonds is 11. The molecule has 8 nitrogen and oxygen atoms in total. The van der Waals surface area contributed by atoms with E-state index >= 15 is 0 Å². The van der Waals surface area contributed by atoms with Crippen LogP contribution < -0.4 is 21.3 Å². The Labute approximate surface area is 242 Å². The SMILES string of the molecule is Cc1cccc(CNc2nc(NCc3ccccc3)nc(NCC3CCC(C(=O)Nc4ccccc4)CC3)n2)c1C. The van der Waals surface area contributed by atoms with Gasteiger partial charge in [0.2, 0.25) is 23.8 Å². The molecular formula is C33H39N7O. The van der Waals surface area contributed by atoms with Crippen LogP contribution in [0, 0.1) is 25.7 Å². The van der Waals surface area contributed by atoms with Crippen molar-refractivity contribution >= 4 is 29.4 Å². The highest BCUT2D eigenvalue weighted by Crippen LogP contribution is 2.30. The minimum absolute atomic E-state index is 0.0540. The van der Waals surface area contributed by atoms with Crippen LogP contribution in [0.1, 0.15) is 47.9 Å². The van der Waals surface area contributed by atoms with Crippen LogP contribution in [0.25, 0.3) is 0 Å². The van der Waals surface area contributed by atoms with Gasteiger partial charge in [-0.1, -0.05) is 66.7 Å². The van der Waals surface area contributed by atoms with Gasteiger partial charge in [-0.05, 0) is 79.8 Å². The molecule has 4 N–H and O–H groups in total. The summed E-state index contributed by atoms with van der Waals surface area (Å²) >= 11 is 0. The summed E-state index contributed by atoms with van der Waals surface area (Å²) in [6.45, 7) is 6.27. The monoisotopic (exact) mass is 549 g/mol. The number of aryl methyl sites for hydroxylation is 1. The number of amides is 1. The molecule has 1 aromatic heterocycles. The average molecular weight is 550 g/mol. The first-order chi connectivity index (χ1) is 20.0. The van der Waals surface area contributed by atoms with Crippen molar-refractivity contribution in [3.8, 4) is 0 Å². The van der Waals surface area contributed by atoms with Gasteiger partial charge in [-0.2, -0.15) is 15.0 Å². The Kier molecular flexibility index (Phi) is 9.41. The first-order valence-corrected chi connectivity index (χ1v) is 14.5. The second kappa shape index (κ2) is 13.7. The van der Waals surface area contributed by atoms with Crippen LogP contribution in [0.2, 0.25) is 0 Å². The number of carbonyl (C=O) groups is 1. The van der Waals surface area contributed by atoms with Crippen LogP contribution >= 0.6 is 0 Å². The van der Waals surface area contributed by atoms with Crippen LogP contribution in [0.3, 0.4) is 0 Å². The maximum atomic E-state index is 12.7. The molecule has 0 saturated heterocycles. The van der Waals surface area contributed by atoms with Crippen molar-refractivity contribution in [2.75, 3.05) is 27.8 Å². The van der Waals surface area contributed by atoms with Gasteiger partial charge in [-0.3, -0.25) is 4.79 Å². The van der Waals surface area contributed by atoms with Gasteiger partial charge in [0, 0.05) is 31.2 Å². The van der Waals surface area contributed by atoms with Gasteiger partial charge in [0.25, 0.3) is 0 Å². The zero-order valence-corrected chi connectivity index (χ0v) is 23.9. The van der Waals surface area contributed by atoms with E-state index in [-0.39, 0.29) is 11.8 Å². The van der Waals surface area contributed by atoms with Crippen molar-refractivity contribution in [3.63, 3.8) is 0 Å². The third-order valence-electron chi connectivity index (χ3n) is 7.89. The molecule has 41 heavy (non-hydrogen) atoms. The molecule has 1 aliphatic carbocycles. The number of nitrogens with one attached hydrogen (secondary N) is 4. The van der Waals surface area contributed by atoms with Gasteiger partial charge in [0.15, 0.2) is 0 Å². The van der Waals surface area contributed by atoms with Crippen molar-refractivity contribution in [3.05, 3.63) is 101 Å². The lowest BCUT2D eigenvalue weighted by Crippen LogP contribution is -2.29. The third kappa shape index (κ3) is 8.03. The van der Waals surface area contributed by atoms with Crippen molar-refractivity contribution in [2.24, 2.45) is 11.8 Å². The second-order valence-electron chi connectivity index (χ2n) is 10.8. The van der Waals surface area contributed by atoms with E-state index in [1.165, 1.54) is 16.7 Å². The Morgan fingerprint density at radius 3 is 2.00 bits per heavy atom. The summed E-state index contributed by atoms with van der Waals surface area (Å²) in [6.07, 6.45) is 3.74. The number of hydrogen-bond acceptors (Lipinski definition) is 7. The van der Waals surface area contributed by atoms with Gasteiger partial charge in [0.1, 0.15) is 0 Å². The predicted octanol–water partition coefficient (Wildman–Crippen LogP) is 6.57. The van der Waals surface area contributed by atoms with Crippen molar-refractivity contribution in [1.29, 1.82) is 0 Å². The van der Waals surface area contributed by atoms with Crippen LogP contribution in [0.4, 0.5) is 23.5 Å². The van der Waals surface area contributed by atoms with E-state index < -0.39 is 0 Å². The maximum absolute atomic E-state index is 12.7. The van der Waals surface area contributed by atoms with Gasteiger partial charge < -0.3 is 21.3 Å². The summed E-state index contributed by atoms with van der Waals surface area (Å²) in [7, 11) is 0. The fourth-order valence-corrected chi connectivity index (χ4v) is 5.20. The highest BCUT2D eigenvalue weighted by Gasteiger charge is 2.26. The Balaban J connectivity index is 1.19. The fraction of sp³-hybridized carbons (Fsp3) is 0.333. The number of anilines is 4. The number of benzene rings is 3. The van der Waals surface area contributed by atoms with E-state index in [1.54, 1.807) is 0 Å². The smallest absolute Gasteiger partial charge is 0.229 e. The summed E-state index contributed by atoms with van der Waals surface area (Å²) in [5.74, 6) is 2.23. The molecular weight excluding hydrogens is 510 g/mol. The van der Waals surface area contributed by atoms with E-state index in [0.717, 1.165) is 43.5 Å². The largest absolute Gasteiger partial charge is 0.354 e. The number of hydrogen-bond donors (Lipinski definition) is 4. The van der Waals surface area contributed by atoms with Crippen LogP contribution in [-0.4, -0.2) is 27.4 Å². The van der Waals surface area contributed by atoms with Crippen molar-refractivity contribution in [2.45, 2.75) is 52.6 Å². The zero-order valence-electron chi connectivity index (χ0n) is 23.9. The molecule has 4 aromatic rings. The van der Waals surface area contributed by atoms with Gasteiger partial charge in [0.05, 0.1) is 0 Å². The van der Waals surface area contributed by atoms with E-state index in [9.17, 15) is 4.79 Å².